The molecule has 0 aromatic heterocycles. The van der Waals surface area contributed by atoms with Crippen LogP contribution in [0.2, 0.25) is 0 Å². The molecule has 1 atom stereocenters. The van der Waals surface area contributed by atoms with Gasteiger partial charge < -0.3 is 0 Å². The van der Waals surface area contributed by atoms with Crippen LogP contribution in [0.25, 0.3) is 0 Å². The fourth-order valence-electron chi connectivity index (χ4n) is 2.29. The summed E-state index contributed by atoms with van der Waals surface area (Å²) >= 11 is 0. The van der Waals surface area contributed by atoms with Gasteiger partial charge in [-0.2, -0.15) is 0 Å². The Morgan fingerprint density at radius 1 is 1.19 bits per heavy atom. The maximum atomic E-state index is 5.67. The van der Waals surface area contributed by atoms with E-state index in [1.54, 1.807) is 0 Å². The molecule has 1 aromatic carbocycles. The molecule has 0 aliphatic carbocycles. The highest BCUT2D eigenvalue weighted by Crippen LogP contribution is 2.25. The van der Waals surface area contributed by atoms with E-state index < -0.39 is 0 Å². The summed E-state index contributed by atoms with van der Waals surface area (Å²) in [7, 11) is 0. The average Bonchev–Trinajstić information content (AvgIpc) is 2.26. The SMILES string of the molecule is CCCCCC(NN)c1c(C)cccc1C. The summed E-state index contributed by atoms with van der Waals surface area (Å²) < 4.78 is 0. The number of nitrogens with two attached hydrogens (primary N) is 1. The van der Waals surface area contributed by atoms with Crippen LogP contribution in [0.4, 0.5) is 0 Å². The van der Waals surface area contributed by atoms with E-state index in [2.05, 4.69) is 44.4 Å². The number of unbranched alkanes of at least 4 members (excludes halogenated alkanes) is 2. The molecular weight excluding hydrogens is 196 g/mol. The molecule has 0 saturated heterocycles. The van der Waals surface area contributed by atoms with E-state index in [0.29, 0.717) is 6.04 Å². The van der Waals surface area contributed by atoms with Gasteiger partial charge in [0.15, 0.2) is 0 Å². The van der Waals surface area contributed by atoms with Crippen molar-refractivity contribution in [3.8, 4) is 0 Å². The van der Waals surface area contributed by atoms with Crippen LogP contribution < -0.4 is 11.3 Å². The fraction of sp³-hybridized carbons (Fsp3) is 0.571. The molecule has 0 saturated carbocycles. The van der Waals surface area contributed by atoms with Crippen molar-refractivity contribution in [3.05, 3.63) is 34.9 Å². The molecule has 2 heteroatoms. The topological polar surface area (TPSA) is 38.0 Å². The number of hydrazine groups is 1. The predicted molar refractivity (Wildman–Crippen MR) is 70.1 cm³/mol. The molecule has 1 aromatic rings. The number of hydrogen-bond acceptors (Lipinski definition) is 2. The van der Waals surface area contributed by atoms with Crippen molar-refractivity contribution in [1.29, 1.82) is 0 Å². The van der Waals surface area contributed by atoms with Crippen LogP contribution in [0.5, 0.6) is 0 Å². The zero-order chi connectivity index (χ0) is 12.0. The van der Waals surface area contributed by atoms with Gasteiger partial charge >= 0.3 is 0 Å². The van der Waals surface area contributed by atoms with Crippen LogP contribution in [0.1, 0.15) is 55.3 Å². The summed E-state index contributed by atoms with van der Waals surface area (Å²) in [4.78, 5) is 0. The van der Waals surface area contributed by atoms with E-state index in [9.17, 15) is 0 Å². The first-order chi connectivity index (χ1) is 7.70. The van der Waals surface area contributed by atoms with Crippen molar-refractivity contribution in [2.45, 2.75) is 52.5 Å². The summed E-state index contributed by atoms with van der Waals surface area (Å²) in [6, 6.07) is 6.72. The lowest BCUT2D eigenvalue weighted by molar-refractivity contribution is 0.483. The van der Waals surface area contributed by atoms with E-state index >= 15 is 0 Å². The molecule has 1 unspecified atom stereocenters. The Labute approximate surface area is 99.2 Å². The molecule has 0 fully saturated rings. The van der Waals surface area contributed by atoms with Crippen molar-refractivity contribution in [2.75, 3.05) is 0 Å². The van der Waals surface area contributed by atoms with E-state index in [4.69, 9.17) is 5.84 Å². The van der Waals surface area contributed by atoms with Crippen LogP contribution in [0.15, 0.2) is 18.2 Å². The summed E-state index contributed by atoms with van der Waals surface area (Å²) in [5, 5.41) is 0. The maximum absolute atomic E-state index is 5.67. The van der Waals surface area contributed by atoms with Gasteiger partial charge in [0, 0.05) is 6.04 Å². The summed E-state index contributed by atoms with van der Waals surface area (Å²) in [5.74, 6) is 5.67. The number of hydrogen-bond donors (Lipinski definition) is 2. The second-order valence-electron chi connectivity index (χ2n) is 4.52. The van der Waals surface area contributed by atoms with Gasteiger partial charge in [-0.1, -0.05) is 44.4 Å². The zero-order valence-corrected chi connectivity index (χ0v) is 10.7. The van der Waals surface area contributed by atoms with Gasteiger partial charge in [0.25, 0.3) is 0 Å². The highest BCUT2D eigenvalue weighted by Gasteiger charge is 2.13. The van der Waals surface area contributed by atoms with Crippen molar-refractivity contribution < 1.29 is 0 Å². The first-order valence-corrected chi connectivity index (χ1v) is 6.23. The van der Waals surface area contributed by atoms with Crippen LogP contribution in [0.3, 0.4) is 0 Å². The first kappa shape index (κ1) is 13.2. The van der Waals surface area contributed by atoms with Gasteiger partial charge in [-0.05, 0) is 37.0 Å². The van der Waals surface area contributed by atoms with Gasteiger partial charge in [-0.3, -0.25) is 11.3 Å². The third-order valence-electron chi connectivity index (χ3n) is 3.19. The van der Waals surface area contributed by atoms with E-state index in [1.807, 2.05) is 0 Å². The molecule has 0 bridgehead atoms. The fourth-order valence-corrected chi connectivity index (χ4v) is 2.29. The zero-order valence-electron chi connectivity index (χ0n) is 10.7. The summed E-state index contributed by atoms with van der Waals surface area (Å²) in [5.41, 5.74) is 7.00. The molecule has 0 amide bonds. The van der Waals surface area contributed by atoms with Gasteiger partial charge in [0.05, 0.1) is 0 Å². The molecule has 0 aliphatic heterocycles. The third kappa shape index (κ3) is 3.32. The van der Waals surface area contributed by atoms with Gasteiger partial charge in [0.1, 0.15) is 0 Å². The molecule has 0 radical (unpaired) electrons. The largest absolute Gasteiger partial charge is 0.271 e. The van der Waals surface area contributed by atoms with Crippen molar-refractivity contribution in [2.24, 2.45) is 5.84 Å². The summed E-state index contributed by atoms with van der Waals surface area (Å²) in [6.07, 6.45) is 4.89. The number of nitrogens with one attached hydrogen (secondary N) is 1. The minimum Gasteiger partial charge on any atom is -0.271 e. The quantitative estimate of drug-likeness (QED) is 0.438. The molecule has 3 N–H and O–H groups in total. The second-order valence-corrected chi connectivity index (χ2v) is 4.52. The molecule has 0 aliphatic rings. The average molecular weight is 220 g/mol. The number of rotatable bonds is 6. The maximum Gasteiger partial charge on any atom is 0.0465 e. The monoisotopic (exact) mass is 220 g/mol. The standard InChI is InChI=1S/C14H24N2/c1-4-5-6-10-13(16-15)14-11(2)8-7-9-12(14)3/h7-9,13,16H,4-6,10,15H2,1-3H3. The molecule has 2 nitrogen and oxygen atoms in total. The minimum absolute atomic E-state index is 0.299. The highest BCUT2D eigenvalue weighted by atomic mass is 15.2. The highest BCUT2D eigenvalue weighted by molar-refractivity contribution is 5.36. The Hall–Kier alpha value is -0.860. The number of aryl methyl sites for hydroxylation is 2. The number of benzene rings is 1. The molecule has 1 rings (SSSR count). The lowest BCUT2D eigenvalue weighted by Gasteiger charge is -2.20. The summed E-state index contributed by atoms with van der Waals surface area (Å²) in [6.45, 7) is 6.54. The van der Waals surface area contributed by atoms with E-state index in [0.717, 1.165) is 6.42 Å². The second kappa shape index (κ2) is 6.66. The molecule has 16 heavy (non-hydrogen) atoms. The van der Waals surface area contributed by atoms with Crippen LogP contribution in [0, 0.1) is 13.8 Å². The Balaban J connectivity index is 2.78. The Morgan fingerprint density at radius 3 is 2.31 bits per heavy atom. The van der Waals surface area contributed by atoms with Crippen LogP contribution in [-0.2, 0) is 0 Å². The molecule has 0 heterocycles. The molecular formula is C14H24N2. The lowest BCUT2D eigenvalue weighted by atomic mass is 9.93. The van der Waals surface area contributed by atoms with Crippen molar-refractivity contribution in [3.63, 3.8) is 0 Å². The molecule has 90 valence electrons. The van der Waals surface area contributed by atoms with Gasteiger partial charge in [0.2, 0.25) is 0 Å². The smallest absolute Gasteiger partial charge is 0.0465 e. The van der Waals surface area contributed by atoms with Crippen molar-refractivity contribution in [1.82, 2.24) is 5.43 Å². The lowest BCUT2D eigenvalue weighted by Crippen LogP contribution is -2.29. The minimum atomic E-state index is 0.299. The van der Waals surface area contributed by atoms with Gasteiger partial charge in [-0.15, -0.1) is 0 Å². The Bertz CT molecular complexity index is 300. The predicted octanol–water partition coefficient (Wildman–Crippen LogP) is 3.39. The van der Waals surface area contributed by atoms with E-state index in [1.165, 1.54) is 36.0 Å². The van der Waals surface area contributed by atoms with Crippen LogP contribution >= 0.6 is 0 Å². The Morgan fingerprint density at radius 2 is 1.81 bits per heavy atom. The third-order valence-corrected chi connectivity index (χ3v) is 3.19. The van der Waals surface area contributed by atoms with Crippen molar-refractivity contribution >= 4 is 0 Å². The van der Waals surface area contributed by atoms with Crippen LogP contribution in [-0.4, -0.2) is 0 Å². The first-order valence-electron chi connectivity index (χ1n) is 6.23. The Kier molecular flexibility index (Phi) is 5.50. The van der Waals surface area contributed by atoms with E-state index in [-0.39, 0.29) is 0 Å². The normalized spacial score (nSPS) is 12.8. The molecule has 0 spiro atoms. The van der Waals surface area contributed by atoms with Gasteiger partial charge in [-0.25, -0.2) is 0 Å².